The Kier molecular flexibility index (Phi) is 4.35. The van der Waals surface area contributed by atoms with Crippen molar-refractivity contribution >= 4 is 17.2 Å². The van der Waals surface area contributed by atoms with Crippen molar-refractivity contribution < 1.29 is 9.90 Å². The van der Waals surface area contributed by atoms with Gasteiger partial charge in [0, 0.05) is 11.9 Å². The summed E-state index contributed by atoms with van der Waals surface area (Å²) in [6.45, 7) is 4.87. The lowest BCUT2D eigenvalue weighted by Crippen LogP contribution is -2.50. The number of thiazole rings is 1. The molecular formula is C13H20N2O2S. The van der Waals surface area contributed by atoms with Crippen LogP contribution in [0, 0.1) is 12.8 Å². The van der Waals surface area contributed by atoms with Gasteiger partial charge in [0.05, 0.1) is 29.8 Å². The summed E-state index contributed by atoms with van der Waals surface area (Å²) in [5.74, 6) is 0.468. The lowest BCUT2D eigenvalue weighted by atomic mass is 9.91. The molecule has 2 heterocycles. The maximum Gasteiger partial charge on any atom is 0.228 e. The summed E-state index contributed by atoms with van der Waals surface area (Å²) in [4.78, 5) is 18.4. The van der Waals surface area contributed by atoms with E-state index in [4.69, 9.17) is 0 Å². The molecule has 1 amide bonds. The molecule has 2 unspecified atom stereocenters. The SMILES string of the molecule is Cc1nc(CC(=O)N2CCCC(C)C2CO)cs1. The largest absolute Gasteiger partial charge is 0.394 e. The highest BCUT2D eigenvalue weighted by molar-refractivity contribution is 7.09. The lowest BCUT2D eigenvalue weighted by molar-refractivity contribution is -0.136. The van der Waals surface area contributed by atoms with Crippen LogP contribution in [0.3, 0.4) is 0 Å². The summed E-state index contributed by atoms with van der Waals surface area (Å²) in [7, 11) is 0. The number of aryl methyl sites for hydroxylation is 1. The molecule has 1 N–H and O–H groups in total. The van der Waals surface area contributed by atoms with Crippen LogP contribution in [0.1, 0.15) is 30.5 Å². The summed E-state index contributed by atoms with van der Waals surface area (Å²) in [6.07, 6.45) is 2.47. The van der Waals surface area contributed by atoms with Crippen LogP contribution in [0.5, 0.6) is 0 Å². The lowest BCUT2D eigenvalue weighted by Gasteiger charge is -2.39. The van der Waals surface area contributed by atoms with E-state index in [0.717, 1.165) is 30.1 Å². The van der Waals surface area contributed by atoms with Crippen LogP contribution in [0.2, 0.25) is 0 Å². The van der Waals surface area contributed by atoms with Crippen LogP contribution in [0.15, 0.2) is 5.38 Å². The second kappa shape index (κ2) is 5.80. The zero-order valence-electron chi connectivity index (χ0n) is 10.9. The van der Waals surface area contributed by atoms with Gasteiger partial charge in [0.25, 0.3) is 0 Å². The Balaban J connectivity index is 2.03. The molecule has 1 saturated heterocycles. The topological polar surface area (TPSA) is 53.4 Å². The number of likely N-dealkylation sites (tertiary alicyclic amines) is 1. The van der Waals surface area contributed by atoms with Gasteiger partial charge < -0.3 is 10.0 Å². The van der Waals surface area contributed by atoms with Crippen LogP contribution in [0.25, 0.3) is 0 Å². The number of aliphatic hydroxyl groups is 1. The molecule has 0 spiro atoms. The Hall–Kier alpha value is -0.940. The fourth-order valence-electron chi connectivity index (χ4n) is 2.58. The maximum absolute atomic E-state index is 12.3. The molecule has 18 heavy (non-hydrogen) atoms. The highest BCUT2D eigenvalue weighted by Gasteiger charge is 2.31. The predicted octanol–water partition coefficient (Wildman–Crippen LogP) is 1.61. The molecule has 0 saturated carbocycles. The standard InChI is InChI=1S/C13H20N2O2S/c1-9-4-3-5-15(12(9)7-16)13(17)6-11-8-18-10(2)14-11/h8-9,12,16H,3-7H2,1-2H3. The molecule has 2 rings (SSSR count). The third-order valence-corrected chi connectivity index (χ3v) is 4.44. The number of nitrogens with zero attached hydrogens (tertiary/aromatic N) is 2. The van der Waals surface area contributed by atoms with Gasteiger partial charge in [-0.05, 0) is 25.7 Å². The Morgan fingerprint density at radius 2 is 2.44 bits per heavy atom. The van der Waals surface area contributed by atoms with Gasteiger partial charge >= 0.3 is 0 Å². The zero-order chi connectivity index (χ0) is 13.1. The van der Waals surface area contributed by atoms with E-state index in [1.165, 1.54) is 0 Å². The number of aromatic nitrogens is 1. The predicted molar refractivity (Wildman–Crippen MR) is 71.5 cm³/mol. The van der Waals surface area contributed by atoms with E-state index in [-0.39, 0.29) is 18.6 Å². The Morgan fingerprint density at radius 3 is 3.06 bits per heavy atom. The second-order valence-electron chi connectivity index (χ2n) is 4.99. The van der Waals surface area contributed by atoms with E-state index in [1.807, 2.05) is 17.2 Å². The molecule has 1 fully saturated rings. The van der Waals surface area contributed by atoms with Gasteiger partial charge in [-0.3, -0.25) is 4.79 Å². The van der Waals surface area contributed by atoms with Crippen molar-refractivity contribution in [3.05, 3.63) is 16.1 Å². The van der Waals surface area contributed by atoms with Crippen molar-refractivity contribution in [2.75, 3.05) is 13.2 Å². The first-order chi connectivity index (χ1) is 8.61. The molecule has 0 bridgehead atoms. The van der Waals surface area contributed by atoms with Gasteiger partial charge in [0.2, 0.25) is 5.91 Å². The maximum atomic E-state index is 12.3. The molecule has 5 heteroatoms. The third kappa shape index (κ3) is 2.90. The Labute approximate surface area is 112 Å². The van der Waals surface area contributed by atoms with Gasteiger partial charge in [0.15, 0.2) is 0 Å². The average Bonchev–Trinajstić information content (AvgIpc) is 2.74. The molecular weight excluding hydrogens is 248 g/mol. The minimum atomic E-state index is -0.0222. The molecule has 1 aromatic rings. The number of carbonyl (C=O) groups is 1. The summed E-state index contributed by atoms with van der Waals surface area (Å²) >= 11 is 1.57. The first-order valence-corrected chi connectivity index (χ1v) is 7.31. The highest BCUT2D eigenvalue weighted by Crippen LogP contribution is 2.23. The number of hydrogen-bond donors (Lipinski definition) is 1. The summed E-state index contributed by atoms with van der Waals surface area (Å²) in [6, 6.07) is -0.0222. The Bertz CT molecular complexity index is 419. The number of rotatable bonds is 3. The molecule has 0 radical (unpaired) electrons. The minimum Gasteiger partial charge on any atom is -0.394 e. The van der Waals surface area contributed by atoms with Gasteiger partial charge in [-0.25, -0.2) is 4.98 Å². The van der Waals surface area contributed by atoms with Crippen LogP contribution in [0.4, 0.5) is 0 Å². The third-order valence-electron chi connectivity index (χ3n) is 3.62. The van der Waals surface area contributed by atoms with E-state index in [9.17, 15) is 9.90 Å². The fraction of sp³-hybridized carbons (Fsp3) is 0.692. The smallest absolute Gasteiger partial charge is 0.228 e. The summed E-state index contributed by atoms with van der Waals surface area (Å²) < 4.78 is 0. The van der Waals surface area contributed by atoms with Crippen molar-refractivity contribution in [2.24, 2.45) is 5.92 Å². The van der Waals surface area contributed by atoms with Crippen LogP contribution >= 0.6 is 11.3 Å². The molecule has 1 aromatic heterocycles. The molecule has 0 aromatic carbocycles. The number of amides is 1. The van der Waals surface area contributed by atoms with Crippen molar-refractivity contribution in [3.63, 3.8) is 0 Å². The normalized spacial score (nSPS) is 24.3. The van der Waals surface area contributed by atoms with Gasteiger partial charge in [-0.15, -0.1) is 11.3 Å². The van der Waals surface area contributed by atoms with E-state index in [2.05, 4.69) is 11.9 Å². The Morgan fingerprint density at radius 1 is 1.67 bits per heavy atom. The number of piperidine rings is 1. The van der Waals surface area contributed by atoms with Crippen molar-refractivity contribution in [3.8, 4) is 0 Å². The molecule has 1 aliphatic heterocycles. The van der Waals surface area contributed by atoms with Crippen LogP contribution in [-0.2, 0) is 11.2 Å². The number of hydrogen-bond acceptors (Lipinski definition) is 4. The summed E-state index contributed by atoms with van der Waals surface area (Å²) in [5.41, 5.74) is 0.845. The quantitative estimate of drug-likeness (QED) is 0.906. The zero-order valence-corrected chi connectivity index (χ0v) is 11.7. The highest BCUT2D eigenvalue weighted by atomic mass is 32.1. The fourth-order valence-corrected chi connectivity index (χ4v) is 3.20. The molecule has 1 aliphatic rings. The first-order valence-electron chi connectivity index (χ1n) is 6.43. The van der Waals surface area contributed by atoms with Gasteiger partial charge in [-0.2, -0.15) is 0 Å². The molecule has 100 valence electrons. The van der Waals surface area contributed by atoms with Crippen LogP contribution < -0.4 is 0 Å². The van der Waals surface area contributed by atoms with Crippen LogP contribution in [-0.4, -0.2) is 40.1 Å². The van der Waals surface area contributed by atoms with E-state index in [0.29, 0.717) is 12.3 Å². The van der Waals surface area contributed by atoms with E-state index in [1.54, 1.807) is 11.3 Å². The van der Waals surface area contributed by atoms with Gasteiger partial charge in [0.1, 0.15) is 0 Å². The average molecular weight is 268 g/mol. The second-order valence-corrected chi connectivity index (χ2v) is 6.05. The monoisotopic (exact) mass is 268 g/mol. The van der Waals surface area contributed by atoms with E-state index >= 15 is 0 Å². The molecule has 4 nitrogen and oxygen atoms in total. The van der Waals surface area contributed by atoms with Crippen molar-refractivity contribution in [1.29, 1.82) is 0 Å². The number of aliphatic hydroxyl groups excluding tert-OH is 1. The minimum absolute atomic E-state index is 0.0222. The first kappa shape index (κ1) is 13.5. The van der Waals surface area contributed by atoms with Crippen molar-refractivity contribution in [1.82, 2.24) is 9.88 Å². The number of carbonyl (C=O) groups excluding carboxylic acids is 1. The molecule has 2 atom stereocenters. The summed E-state index contributed by atoms with van der Waals surface area (Å²) in [5, 5.41) is 12.4. The molecule has 0 aliphatic carbocycles. The van der Waals surface area contributed by atoms with Gasteiger partial charge in [-0.1, -0.05) is 6.92 Å². The van der Waals surface area contributed by atoms with Crippen molar-refractivity contribution in [2.45, 2.75) is 39.2 Å². The van der Waals surface area contributed by atoms with E-state index < -0.39 is 0 Å².